The first-order chi connectivity index (χ1) is 12.3. The number of fused-ring (bicyclic) bond motifs is 1. The van der Waals surface area contributed by atoms with E-state index in [1.807, 2.05) is 41.3 Å². The normalized spacial score (nSPS) is 14.9. The van der Waals surface area contributed by atoms with Crippen molar-refractivity contribution in [1.82, 2.24) is 14.9 Å². The van der Waals surface area contributed by atoms with Gasteiger partial charge in [0, 0.05) is 18.7 Å². The lowest BCUT2D eigenvalue weighted by molar-refractivity contribution is 0.0770. The zero-order valence-electron chi connectivity index (χ0n) is 13.9. The van der Waals surface area contributed by atoms with E-state index in [4.69, 9.17) is 0 Å². The van der Waals surface area contributed by atoms with Crippen molar-refractivity contribution in [3.8, 4) is 0 Å². The molecule has 3 aromatic rings. The minimum atomic E-state index is 0.0684. The summed E-state index contributed by atoms with van der Waals surface area (Å²) in [5.41, 5.74) is 4.94. The molecule has 4 rings (SSSR count). The Bertz CT molecular complexity index is 953. The molecule has 4 heteroatoms. The standard InChI is InChI=1S/C21H19N3O/c25-21(18-8-9-19-20(14-18)23-15-22-19)24-12-10-17(11-13-24)7-6-16-4-2-1-3-5-16/h1-10,14-15H,11-13H2,(H,22,23). The third-order valence-corrected chi connectivity index (χ3v) is 4.49. The second-order valence-corrected chi connectivity index (χ2v) is 6.16. The van der Waals surface area contributed by atoms with Crippen LogP contribution in [0.3, 0.4) is 0 Å². The number of aromatic amines is 1. The van der Waals surface area contributed by atoms with Gasteiger partial charge in [0.1, 0.15) is 0 Å². The largest absolute Gasteiger partial charge is 0.345 e. The summed E-state index contributed by atoms with van der Waals surface area (Å²) < 4.78 is 0. The molecule has 0 fully saturated rings. The van der Waals surface area contributed by atoms with Gasteiger partial charge in [-0.15, -0.1) is 0 Å². The highest BCUT2D eigenvalue weighted by Gasteiger charge is 2.18. The highest BCUT2D eigenvalue weighted by Crippen LogP contribution is 2.18. The summed E-state index contributed by atoms with van der Waals surface area (Å²) >= 11 is 0. The van der Waals surface area contributed by atoms with Gasteiger partial charge in [-0.3, -0.25) is 4.79 Å². The predicted molar refractivity (Wildman–Crippen MR) is 100 cm³/mol. The molecule has 0 atom stereocenters. The number of carbonyl (C=O) groups excluding carboxylic acids is 1. The fourth-order valence-electron chi connectivity index (χ4n) is 3.04. The Morgan fingerprint density at radius 2 is 2.00 bits per heavy atom. The molecule has 0 bridgehead atoms. The van der Waals surface area contributed by atoms with Crippen LogP contribution in [0.15, 0.2) is 72.6 Å². The fourth-order valence-corrected chi connectivity index (χ4v) is 3.04. The van der Waals surface area contributed by atoms with Gasteiger partial charge in [0.25, 0.3) is 5.91 Å². The Morgan fingerprint density at radius 1 is 1.12 bits per heavy atom. The zero-order valence-corrected chi connectivity index (χ0v) is 13.9. The fraction of sp³-hybridized carbons (Fsp3) is 0.143. The molecule has 0 saturated heterocycles. The number of carbonyl (C=O) groups is 1. The summed E-state index contributed by atoms with van der Waals surface area (Å²) in [6.45, 7) is 1.39. The van der Waals surface area contributed by atoms with Crippen molar-refractivity contribution in [2.75, 3.05) is 13.1 Å². The van der Waals surface area contributed by atoms with E-state index in [9.17, 15) is 4.79 Å². The Labute approximate surface area is 146 Å². The number of hydrogen-bond donors (Lipinski definition) is 1. The number of aromatic nitrogens is 2. The maximum Gasteiger partial charge on any atom is 0.254 e. The molecule has 2 heterocycles. The Morgan fingerprint density at radius 3 is 2.80 bits per heavy atom. The second kappa shape index (κ2) is 6.77. The van der Waals surface area contributed by atoms with E-state index in [1.54, 1.807) is 6.33 Å². The van der Waals surface area contributed by atoms with Crippen LogP contribution in [0.5, 0.6) is 0 Å². The molecule has 1 N–H and O–H groups in total. The molecule has 0 spiro atoms. The molecule has 2 aromatic carbocycles. The summed E-state index contributed by atoms with van der Waals surface area (Å²) in [6, 6.07) is 15.9. The number of nitrogens with one attached hydrogen (secondary N) is 1. The van der Waals surface area contributed by atoms with Gasteiger partial charge in [-0.1, -0.05) is 48.6 Å². The van der Waals surface area contributed by atoms with Crippen LogP contribution in [-0.4, -0.2) is 33.9 Å². The number of amides is 1. The van der Waals surface area contributed by atoms with Crippen LogP contribution in [0.25, 0.3) is 17.1 Å². The van der Waals surface area contributed by atoms with Gasteiger partial charge in [0.15, 0.2) is 0 Å². The number of hydrogen-bond acceptors (Lipinski definition) is 2. The number of benzene rings is 2. The first-order valence-electron chi connectivity index (χ1n) is 8.44. The lowest BCUT2D eigenvalue weighted by atomic mass is 10.0. The van der Waals surface area contributed by atoms with Gasteiger partial charge < -0.3 is 9.88 Å². The van der Waals surface area contributed by atoms with Crippen molar-refractivity contribution in [2.45, 2.75) is 6.42 Å². The van der Waals surface area contributed by atoms with Gasteiger partial charge >= 0.3 is 0 Å². The Kier molecular flexibility index (Phi) is 4.17. The average molecular weight is 329 g/mol. The molecular formula is C21H19N3O. The Balaban J connectivity index is 1.44. The molecule has 1 aliphatic rings. The molecule has 1 aromatic heterocycles. The van der Waals surface area contributed by atoms with E-state index in [2.05, 4.69) is 40.3 Å². The molecule has 1 aliphatic heterocycles. The van der Waals surface area contributed by atoms with E-state index in [0.29, 0.717) is 12.1 Å². The first kappa shape index (κ1) is 15.4. The van der Waals surface area contributed by atoms with Gasteiger partial charge in [0.2, 0.25) is 0 Å². The average Bonchev–Trinajstić information content (AvgIpc) is 3.15. The van der Waals surface area contributed by atoms with Gasteiger partial charge in [0.05, 0.1) is 17.4 Å². The summed E-state index contributed by atoms with van der Waals surface area (Å²) in [5.74, 6) is 0.0684. The van der Waals surface area contributed by atoms with E-state index >= 15 is 0 Å². The minimum absolute atomic E-state index is 0.0684. The molecule has 25 heavy (non-hydrogen) atoms. The number of allylic oxidation sites excluding steroid dienone is 1. The highest BCUT2D eigenvalue weighted by atomic mass is 16.2. The van der Waals surface area contributed by atoms with Crippen LogP contribution >= 0.6 is 0 Å². The van der Waals surface area contributed by atoms with E-state index in [0.717, 1.165) is 24.0 Å². The molecule has 0 aliphatic carbocycles. The Hall–Kier alpha value is -3.14. The molecular weight excluding hydrogens is 310 g/mol. The first-order valence-corrected chi connectivity index (χ1v) is 8.44. The summed E-state index contributed by atoms with van der Waals surface area (Å²) in [4.78, 5) is 21.8. The van der Waals surface area contributed by atoms with Crippen molar-refractivity contribution in [2.24, 2.45) is 0 Å². The summed E-state index contributed by atoms with van der Waals surface area (Å²) in [5, 5.41) is 0. The van der Waals surface area contributed by atoms with Crippen LogP contribution in [0.4, 0.5) is 0 Å². The predicted octanol–water partition coefficient (Wildman–Crippen LogP) is 4.05. The van der Waals surface area contributed by atoms with Gasteiger partial charge in [-0.2, -0.15) is 0 Å². The molecule has 124 valence electrons. The smallest absolute Gasteiger partial charge is 0.254 e. The number of H-pyrrole nitrogens is 1. The van der Waals surface area contributed by atoms with Crippen LogP contribution < -0.4 is 0 Å². The van der Waals surface area contributed by atoms with Crippen LogP contribution in [0.2, 0.25) is 0 Å². The van der Waals surface area contributed by atoms with Gasteiger partial charge in [-0.05, 0) is 35.8 Å². The SMILES string of the molecule is O=C(c1ccc2nc[nH]c2c1)N1CC=C(C=Cc2ccccc2)CC1. The second-order valence-electron chi connectivity index (χ2n) is 6.16. The summed E-state index contributed by atoms with van der Waals surface area (Å²) in [7, 11) is 0. The van der Waals surface area contributed by atoms with Crippen molar-refractivity contribution in [1.29, 1.82) is 0 Å². The third kappa shape index (κ3) is 3.38. The number of nitrogens with zero attached hydrogens (tertiary/aromatic N) is 2. The van der Waals surface area contributed by atoms with Crippen LogP contribution in [0.1, 0.15) is 22.3 Å². The number of rotatable bonds is 3. The monoisotopic (exact) mass is 329 g/mol. The van der Waals surface area contributed by atoms with Crippen LogP contribution in [0, 0.1) is 0 Å². The van der Waals surface area contributed by atoms with Gasteiger partial charge in [-0.25, -0.2) is 4.98 Å². The molecule has 4 nitrogen and oxygen atoms in total. The van der Waals surface area contributed by atoms with E-state index in [-0.39, 0.29) is 5.91 Å². The summed E-state index contributed by atoms with van der Waals surface area (Å²) in [6.07, 6.45) is 8.92. The van der Waals surface area contributed by atoms with Crippen molar-refractivity contribution >= 4 is 23.0 Å². The highest BCUT2D eigenvalue weighted by molar-refractivity contribution is 5.97. The van der Waals surface area contributed by atoms with Crippen molar-refractivity contribution < 1.29 is 4.79 Å². The quantitative estimate of drug-likeness (QED) is 0.788. The lowest BCUT2D eigenvalue weighted by Gasteiger charge is -2.25. The van der Waals surface area contributed by atoms with E-state index < -0.39 is 0 Å². The third-order valence-electron chi connectivity index (χ3n) is 4.49. The van der Waals surface area contributed by atoms with Crippen molar-refractivity contribution in [3.05, 3.63) is 83.7 Å². The molecule has 0 radical (unpaired) electrons. The lowest BCUT2D eigenvalue weighted by Crippen LogP contribution is -2.34. The molecule has 0 saturated carbocycles. The van der Waals surface area contributed by atoms with Crippen LogP contribution in [-0.2, 0) is 0 Å². The molecule has 0 unspecified atom stereocenters. The zero-order chi connectivity index (χ0) is 17.1. The number of imidazole rings is 1. The van der Waals surface area contributed by atoms with E-state index in [1.165, 1.54) is 11.1 Å². The minimum Gasteiger partial charge on any atom is -0.345 e. The maximum absolute atomic E-state index is 12.7. The van der Waals surface area contributed by atoms with Crippen molar-refractivity contribution in [3.63, 3.8) is 0 Å². The maximum atomic E-state index is 12.7. The topological polar surface area (TPSA) is 49.0 Å². The molecule has 1 amide bonds.